The van der Waals surface area contributed by atoms with E-state index >= 15 is 0 Å². The molecule has 1 unspecified atom stereocenters. The van der Waals surface area contributed by atoms with E-state index in [-0.39, 0.29) is 107 Å². The van der Waals surface area contributed by atoms with Crippen LogP contribution in [0.5, 0.6) is 0 Å². The van der Waals surface area contributed by atoms with E-state index in [1.165, 1.54) is 0 Å². The molecule has 1 atom stereocenters. The molecule has 10 heteroatoms. The molecule has 0 spiro atoms. The second-order valence-corrected chi connectivity index (χ2v) is 1.50. The summed E-state index contributed by atoms with van der Waals surface area (Å²) in [6, 6.07) is 0. The van der Waals surface area contributed by atoms with E-state index in [4.69, 9.17) is 19.2 Å². The standard InChI is InChI=1S/Al.FH.Na.O4Si.H3P.Sr/c;;;1-5(2,3)4;;/h;1H;;;1H3;/q+3;;+1;-4;;+2/p-1. The third-order valence-electron chi connectivity index (χ3n) is 0. The van der Waals surface area contributed by atoms with Crippen molar-refractivity contribution in [2.24, 2.45) is 0 Å². The molecular formula is H3AlFNaO4PSiSr+. The summed E-state index contributed by atoms with van der Waals surface area (Å²) in [5.74, 6) is 0. The van der Waals surface area contributed by atoms with Gasteiger partial charge in [-0.15, -0.1) is 0 Å². The van der Waals surface area contributed by atoms with Gasteiger partial charge in [0.15, 0.2) is 0 Å². The monoisotopic (exact) mass is 283 g/mol. The first-order chi connectivity index (χ1) is 2.00. The van der Waals surface area contributed by atoms with Crippen LogP contribution >= 0.6 is 9.90 Å². The minimum absolute atomic E-state index is 0. The van der Waals surface area contributed by atoms with Gasteiger partial charge in [-0.1, -0.05) is 0 Å². The maximum atomic E-state index is 8.58. The number of hydrogen-bond donors (Lipinski definition) is 0. The van der Waals surface area contributed by atoms with Crippen molar-refractivity contribution in [3.8, 4) is 0 Å². The zero-order valence-electron chi connectivity index (χ0n) is 5.50. The van der Waals surface area contributed by atoms with E-state index in [9.17, 15) is 0 Å². The summed E-state index contributed by atoms with van der Waals surface area (Å²) in [6.07, 6.45) is 0. The molecule has 0 aromatic heterocycles. The van der Waals surface area contributed by atoms with Crippen LogP contribution in [0.25, 0.3) is 0 Å². The molecule has 0 aliphatic heterocycles. The van der Waals surface area contributed by atoms with Crippen LogP contribution in [0.2, 0.25) is 0 Å². The molecule has 0 aromatic rings. The van der Waals surface area contributed by atoms with Crippen molar-refractivity contribution in [2.75, 3.05) is 0 Å². The molecule has 0 bridgehead atoms. The summed E-state index contributed by atoms with van der Waals surface area (Å²) in [4.78, 5) is 34.3. The molecular weight excluding hydrogens is 280 g/mol. The van der Waals surface area contributed by atoms with Crippen LogP contribution in [0.3, 0.4) is 0 Å². The van der Waals surface area contributed by atoms with Crippen LogP contribution < -0.4 is 53.4 Å². The average Bonchev–Trinajstić information content (AvgIpc) is 0.722. The van der Waals surface area contributed by atoms with Gasteiger partial charge in [0.25, 0.3) is 0 Å². The molecule has 0 amide bonds. The van der Waals surface area contributed by atoms with E-state index in [2.05, 4.69) is 0 Å². The Kier molecular flexibility index (Phi) is 68.6. The van der Waals surface area contributed by atoms with Gasteiger partial charge >= 0.3 is 92.4 Å². The largest absolute Gasteiger partial charge is 3.00 e. The summed E-state index contributed by atoms with van der Waals surface area (Å²) >= 11 is 0. The second kappa shape index (κ2) is 18.3. The Hall–Kier alpha value is 3.43. The molecule has 0 N–H and O–H groups in total. The van der Waals surface area contributed by atoms with E-state index in [0.29, 0.717) is 0 Å². The van der Waals surface area contributed by atoms with Crippen molar-refractivity contribution < 1.29 is 53.4 Å². The number of halogens is 1. The van der Waals surface area contributed by atoms with Crippen LogP contribution in [0.1, 0.15) is 0 Å². The van der Waals surface area contributed by atoms with Crippen LogP contribution in [-0.4, -0.2) is 71.9 Å². The Labute approximate surface area is 133 Å². The Bertz CT molecular complexity index is 40.7. The van der Waals surface area contributed by atoms with Gasteiger partial charge in [-0.25, -0.2) is 0 Å². The Morgan fingerprint density at radius 1 is 0.900 bits per heavy atom. The molecule has 48 valence electrons. The molecule has 0 rings (SSSR count). The summed E-state index contributed by atoms with van der Waals surface area (Å²) in [5, 5.41) is 0. The van der Waals surface area contributed by atoms with Gasteiger partial charge in [0.1, 0.15) is 0 Å². The summed E-state index contributed by atoms with van der Waals surface area (Å²) in [7, 11) is -5.61. The summed E-state index contributed by atoms with van der Waals surface area (Å²) < 4.78 is 0. The topological polar surface area (TPSA) is 92.2 Å². The Morgan fingerprint density at radius 3 is 0.900 bits per heavy atom. The third-order valence-corrected chi connectivity index (χ3v) is 0. The van der Waals surface area contributed by atoms with Crippen molar-refractivity contribution in [3.63, 3.8) is 0 Å². The molecule has 0 heterocycles. The molecule has 0 aliphatic rings. The van der Waals surface area contributed by atoms with E-state index in [1.54, 1.807) is 0 Å². The van der Waals surface area contributed by atoms with Crippen molar-refractivity contribution in [1.82, 2.24) is 0 Å². The van der Waals surface area contributed by atoms with E-state index < -0.39 is 9.05 Å². The van der Waals surface area contributed by atoms with E-state index in [0.717, 1.165) is 0 Å². The van der Waals surface area contributed by atoms with Crippen LogP contribution in [0, 0.1) is 0 Å². The Balaban J connectivity index is -0.00000000800. The van der Waals surface area contributed by atoms with Crippen molar-refractivity contribution in [1.29, 1.82) is 0 Å². The molecule has 10 heavy (non-hydrogen) atoms. The predicted molar refractivity (Wildman–Crippen MR) is 28.4 cm³/mol. The average molecular weight is 283 g/mol. The molecule has 4 nitrogen and oxygen atoms in total. The summed E-state index contributed by atoms with van der Waals surface area (Å²) in [5.41, 5.74) is 0. The fraction of sp³-hybridized carbons (Fsp3) is 0. The van der Waals surface area contributed by atoms with Gasteiger partial charge in [0.05, 0.1) is 0 Å². The molecule has 0 saturated heterocycles. The first-order valence-corrected chi connectivity index (χ1v) is 2.45. The minimum atomic E-state index is -5.61. The first kappa shape index (κ1) is 37.6. The fourth-order valence-corrected chi connectivity index (χ4v) is 0. The zero-order valence-corrected chi connectivity index (χ0v) is 14.5. The molecule has 0 fully saturated rings. The summed E-state index contributed by atoms with van der Waals surface area (Å²) in [6.45, 7) is 0. The van der Waals surface area contributed by atoms with Gasteiger partial charge in [0, 0.05) is 0 Å². The van der Waals surface area contributed by atoms with Crippen LogP contribution in [-0.2, 0) is 0 Å². The predicted octanol–water partition coefficient (Wildman–Crippen LogP) is -11.8. The smallest absolute Gasteiger partial charge is 1.00 e. The maximum absolute atomic E-state index is 8.58. The van der Waals surface area contributed by atoms with Gasteiger partial charge < -0.3 is 32.9 Å². The van der Waals surface area contributed by atoms with Crippen LogP contribution in [0.15, 0.2) is 0 Å². The minimum Gasteiger partial charge on any atom is -1.00 e. The number of hydrogen-bond acceptors (Lipinski definition) is 4. The van der Waals surface area contributed by atoms with Crippen molar-refractivity contribution in [3.05, 3.63) is 0 Å². The van der Waals surface area contributed by atoms with Gasteiger partial charge in [-0.3, -0.25) is 0 Å². The zero-order chi connectivity index (χ0) is 4.50. The molecule has 0 aromatic carbocycles. The van der Waals surface area contributed by atoms with Crippen molar-refractivity contribution >= 4 is 81.8 Å². The quantitative estimate of drug-likeness (QED) is 0.326. The SMILES string of the molecule is P.[Al+3].[F-].[Na+].[O-][Si]([O-])([O-])[O-].[Sr+2]. The van der Waals surface area contributed by atoms with Gasteiger partial charge in [-0.2, -0.15) is 9.90 Å². The molecule has 0 radical (unpaired) electrons. The maximum Gasteiger partial charge on any atom is 3.00 e. The molecule has 0 aliphatic carbocycles. The first-order valence-electron chi connectivity index (χ1n) is 0.816. The molecule has 0 saturated carbocycles. The number of rotatable bonds is 0. The fourth-order valence-electron chi connectivity index (χ4n) is 0. The Morgan fingerprint density at radius 2 is 0.900 bits per heavy atom. The van der Waals surface area contributed by atoms with Crippen molar-refractivity contribution in [2.45, 2.75) is 0 Å². The normalized spacial score (nSPS) is 6.00. The van der Waals surface area contributed by atoms with Gasteiger partial charge in [-0.05, 0) is 0 Å². The third kappa shape index (κ3) is 106. The van der Waals surface area contributed by atoms with Gasteiger partial charge in [0.2, 0.25) is 0 Å². The second-order valence-electron chi connectivity index (χ2n) is 0.500. The van der Waals surface area contributed by atoms with Crippen LogP contribution in [0.4, 0.5) is 0 Å². The van der Waals surface area contributed by atoms with E-state index in [1.807, 2.05) is 0 Å².